The molecule has 0 radical (unpaired) electrons. The van der Waals surface area contributed by atoms with Crippen LogP contribution in [0.15, 0.2) is 72.8 Å². The SMILES string of the molecule is NC[C@H](NC(=O)c1ccc(-c2ccc(NC(=O)CNc3cccc(F)c3)cc2)cc1)C(=O)NO. The molecule has 7 N–H and O–H groups in total. The van der Waals surface area contributed by atoms with Crippen molar-refractivity contribution >= 4 is 29.1 Å². The van der Waals surface area contributed by atoms with E-state index in [4.69, 9.17) is 10.9 Å². The number of nitrogens with one attached hydrogen (secondary N) is 4. The Bertz CT molecular complexity index is 1150. The van der Waals surface area contributed by atoms with Gasteiger partial charge in [0.15, 0.2) is 0 Å². The van der Waals surface area contributed by atoms with Crippen molar-refractivity contribution in [3.8, 4) is 11.1 Å². The summed E-state index contributed by atoms with van der Waals surface area (Å²) in [4.78, 5) is 35.9. The van der Waals surface area contributed by atoms with Gasteiger partial charge in [0.1, 0.15) is 11.9 Å². The van der Waals surface area contributed by atoms with Crippen LogP contribution in [0.25, 0.3) is 11.1 Å². The highest BCUT2D eigenvalue weighted by Gasteiger charge is 2.19. The van der Waals surface area contributed by atoms with Gasteiger partial charge in [0, 0.05) is 23.5 Å². The summed E-state index contributed by atoms with van der Waals surface area (Å²) in [6.07, 6.45) is 0. The van der Waals surface area contributed by atoms with E-state index in [-0.39, 0.29) is 24.8 Å². The van der Waals surface area contributed by atoms with Gasteiger partial charge in [0.05, 0.1) is 6.54 Å². The molecule has 1 atom stereocenters. The van der Waals surface area contributed by atoms with Crippen LogP contribution in [0.5, 0.6) is 0 Å². The van der Waals surface area contributed by atoms with Gasteiger partial charge in [-0.2, -0.15) is 0 Å². The zero-order valence-corrected chi connectivity index (χ0v) is 18.0. The molecule has 3 amide bonds. The van der Waals surface area contributed by atoms with Gasteiger partial charge in [-0.15, -0.1) is 0 Å². The van der Waals surface area contributed by atoms with E-state index in [0.717, 1.165) is 11.1 Å². The topological polar surface area (TPSA) is 146 Å². The smallest absolute Gasteiger partial charge is 0.267 e. The summed E-state index contributed by atoms with van der Waals surface area (Å²) in [5.74, 6) is -1.97. The summed E-state index contributed by atoms with van der Waals surface area (Å²) in [6.45, 7) is -0.181. The third-order valence-corrected chi connectivity index (χ3v) is 4.89. The van der Waals surface area contributed by atoms with Crippen LogP contribution in [-0.2, 0) is 9.59 Å². The third-order valence-electron chi connectivity index (χ3n) is 4.89. The number of hydrogen-bond acceptors (Lipinski definition) is 6. The lowest BCUT2D eigenvalue weighted by molar-refractivity contribution is -0.130. The van der Waals surface area contributed by atoms with Gasteiger partial charge in [0.2, 0.25) is 5.91 Å². The second kappa shape index (κ2) is 11.5. The summed E-state index contributed by atoms with van der Waals surface area (Å²) < 4.78 is 13.2. The molecular formula is C24H24FN5O4. The fourth-order valence-corrected chi connectivity index (χ4v) is 3.10. The molecule has 0 saturated heterocycles. The quantitative estimate of drug-likeness (QED) is 0.211. The highest BCUT2D eigenvalue weighted by molar-refractivity contribution is 5.98. The second-order valence-electron chi connectivity index (χ2n) is 7.30. The first-order chi connectivity index (χ1) is 16.4. The van der Waals surface area contributed by atoms with E-state index in [0.29, 0.717) is 16.9 Å². The van der Waals surface area contributed by atoms with Gasteiger partial charge in [0.25, 0.3) is 11.8 Å². The van der Waals surface area contributed by atoms with Crippen LogP contribution < -0.4 is 27.2 Å². The Balaban J connectivity index is 1.56. The van der Waals surface area contributed by atoms with E-state index in [1.807, 2.05) is 12.1 Å². The molecule has 0 bridgehead atoms. The fraction of sp³-hybridized carbons (Fsp3) is 0.125. The summed E-state index contributed by atoms with van der Waals surface area (Å²) in [5.41, 5.74) is 10.0. The maximum Gasteiger partial charge on any atom is 0.267 e. The van der Waals surface area contributed by atoms with Crippen LogP contribution in [0.2, 0.25) is 0 Å². The van der Waals surface area contributed by atoms with E-state index in [2.05, 4.69) is 16.0 Å². The van der Waals surface area contributed by atoms with Gasteiger partial charge in [-0.25, -0.2) is 9.87 Å². The minimum Gasteiger partial charge on any atom is -0.376 e. The molecule has 0 aliphatic rings. The maximum absolute atomic E-state index is 13.2. The summed E-state index contributed by atoms with van der Waals surface area (Å²) >= 11 is 0. The van der Waals surface area contributed by atoms with Crippen molar-refractivity contribution in [2.45, 2.75) is 6.04 Å². The molecule has 0 unspecified atom stereocenters. The Morgan fingerprint density at radius 3 is 2.15 bits per heavy atom. The number of hydrogen-bond donors (Lipinski definition) is 6. The second-order valence-corrected chi connectivity index (χ2v) is 7.30. The molecule has 9 nitrogen and oxygen atoms in total. The molecule has 0 aliphatic carbocycles. The lowest BCUT2D eigenvalue weighted by atomic mass is 10.0. The number of anilines is 2. The average molecular weight is 465 g/mol. The Morgan fingerprint density at radius 1 is 0.912 bits per heavy atom. The molecule has 176 valence electrons. The minimum absolute atomic E-state index is 0.0142. The number of halogens is 1. The molecule has 34 heavy (non-hydrogen) atoms. The van der Waals surface area contributed by atoms with Crippen molar-refractivity contribution in [2.24, 2.45) is 5.73 Å². The first kappa shape index (κ1) is 24.4. The number of benzene rings is 3. The molecule has 10 heteroatoms. The number of rotatable bonds is 9. The molecule has 3 aromatic carbocycles. The predicted octanol–water partition coefficient (Wildman–Crippen LogP) is 2.11. The summed E-state index contributed by atoms with van der Waals surface area (Å²) in [7, 11) is 0. The van der Waals surface area contributed by atoms with Gasteiger partial charge in [-0.3, -0.25) is 19.6 Å². The molecule has 0 saturated carbocycles. The number of carbonyl (C=O) groups is 3. The van der Waals surface area contributed by atoms with Crippen LogP contribution in [0.4, 0.5) is 15.8 Å². The van der Waals surface area contributed by atoms with Crippen molar-refractivity contribution in [3.63, 3.8) is 0 Å². The largest absolute Gasteiger partial charge is 0.376 e. The number of carbonyl (C=O) groups excluding carboxylic acids is 3. The lowest BCUT2D eigenvalue weighted by Crippen LogP contribution is -2.50. The minimum atomic E-state index is -1.05. The molecule has 0 aromatic heterocycles. The molecular weight excluding hydrogens is 441 g/mol. The van der Waals surface area contributed by atoms with Gasteiger partial charge >= 0.3 is 0 Å². The third kappa shape index (κ3) is 6.61. The van der Waals surface area contributed by atoms with Crippen LogP contribution in [0.1, 0.15) is 10.4 Å². The molecule has 3 rings (SSSR count). The predicted molar refractivity (Wildman–Crippen MR) is 126 cm³/mol. The molecule has 3 aromatic rings. The molecule has 0 fully saturated rings. The Morgan fingerprint density at radius 2 is 1.56 bits per heavy atom. The Hall–Kier alpha value is -4.28. The number of hydroxylamine groups is 1. The normalized spacial score (nSPS) is 11.3. The van der Waals surface area contributed by atoms with Gasteiger partial charge in [-0.1, -0.05) is 30.3 Å². The van der Waals surface area contributed by atoms with Crippen LogP contribution in [-0.4, -0.2) is 42.1 Å². The Kier molecular flexibility index (Phi) is 8.27. The van der Waals surface area contributed by atoms with Crippen molar-refractivity contribution in [2.75, 3.05) is 23.7 Å². The first-order valence-corrected chi connectivity index (χ1v) is 10.3. The van der Waals surface area contributed by atoms with Crippen molar-refractivity contribution in [1.82, 2.24) is 10.8 Å². The standard InChI is InChI=1S/C24H24FN5O4/c25-18-2-1-3-20(12-18)27-14-22(31)28-19-10-8-16(9-11-19)15-4-6-17(7-5-15)23(32)29-21(13-26)24(33)30-34/h1-12,21,27,34H,13-14,26H2,(H,28,31)(H,29,32)(H,30,33)/t21-/m0/s1. The number of nitrogens with two attached hydrogens (primary N) is 1. The van der Waals surface area contributed by atoms with Crippen molar-refractivity contribution < 1.29 is 24.0 Å². The summed E-state index contributed by atoms with van der Waals surface area (Å²) in [6, 6.07) is 18.6. The number of amides is 3. The van der Waals surface area contributed by atoms with Crippen LogP contribution >= 0.6 is 0 Å². The maximum atomic E-state index is 13.2. The zero-order valence-electron chi connectivity index (χ0n) is 18.0. The highest BCUT2D eigenvalue weighted by atomic mass is 19.1. The Labute approximate surface area is 195 Å². The van der Waals surface area contributed by atoms with E-state index >= 15 is 0 Å². The van der Waals surface area contributed by atoms with Crippen molar-refractivity contribution in [1.29, 1.82) is 0 Å². The molecule has 0 heterocycles. The van der Waals surface area contributed by atoms with E-state index in [9.17, 15) is 18.8 Å². The van der Waals surface area contributed by atoms with E-state index < -0.39 is 17.9 Å². The van der Waals surface area contributed by atoms with E-state index in [1.165, 1.54) is 17.6 Å². The fourth-order valence-electron chi connectivity index (χ4n) is 3.10. The average Bonchev–Trinajstić information content (AvgIpc) is 2.86. The van der Waals surface area contributed by atoms with Gasteiger partial charge in [-0.05, 0) is 53.6 Å². The zero-order chi connectivity index (χ0) is 24.5. The molecule has 0 spiro atoms. The van der Waals surface area contributed by atoms with Crippen LogP contribution in [0, 0.1) is 5.82 Å². The summed E-state index contributed by atoms with van der Waals surface area (Å²) in [5, 5.41) is 16.7. The monoisotopic (exact) mass is 465 g/mol. The lowest BCUT2D eigenvalue weighted by Gasteiger charge is -2.14. The van der Waals surface area contributed by atoms with E-state index in [1.54, 1.807) is 48.5 Å². The van der Waals surface area contributed by atoms with Gasteiger partial charge < -0.3 is 21.7 Å². The highest BCUT2D eigenvalue weighted by Crippen LogP contribution is 2.22. The molecule has 0 aliphatic heterocycles. The van der Waals surface area contributed by atoms with Crippen molar-refractivity contribution in [3.05, 3.63) is 84.2 Å². The van der Waals surface area contributed by atoms with Crippen LogP contribution in [0.3, 0.4) is 0 Å². The first-order valence-electron chi connectivity index (χ1n) is 10.3.